The molecule has 0 saturated carbocycles. The van der Waals surface area contributed by atoms with E-state index in [0.29, 0.717) is 44.0 Å². The highest BCUT2D eigenvalue weighted by molar-refractivity contribution is 5.55. The summed E-state index contributed by atoms with van der Waals surface area (Å²) in [5.41, 5.74) is 24.8. The first-order valence-electron chi connectivity index (χ1n) is 10.3. The second-order valence-electron chi connectivity index (χ2n) is 8.30. The topological polar surface area (TPSA) is 165 Å². The van der Waals surface area contributed by atoms with E-state index in [1.165, 1.54) is 0 Å². The molecule has 2 aliphatic heterocycles. The van der Waals surface area contributed by atoms with Gasteiger partial charge in [0.2, 0.25) is 17.8 Å². The van der Waals surface area contributed by atoms with Crippen LogP contribution < -0.4 is 37.6 Å². The van der Waals surface area contributed by atoms with Gasteiger partial charge in [0.15, 0.2) is 0 Å². The van der Waals surface area contributed by atoms with Crippen LogP contribution in [0.4, 0.5) is 23.7 Å². The quantitative estimate of drug-likeness (QED) is 0.474. The number of aromatic nitrogens is 4. The van der Waals surface area contributed by atoms with Gasteiger partial charge in [-0.2, -0.15) is 15.0 Å². The Morgan fingerprint density at radius 3 is 1.73 bits per heavy atom. The zero-order valence-electron chi connectivity index (χ0n) is 17.3. The Morgan fingerprint density at radius 2 is 1.30 bits per heavy atom. The number of rotatable bonds is 4. The van der Waals surface area contributed by atoms with Crippen molar-refractivity contribution in [3.63, 3.8) is 0 Å². The Balaban J connectivity index is 1.72. The van der Waals surface area contributed by atoms with E-state index in [2.05, 4.69) is 4.98 Å². The molecule has 4 rings (SSSR count). The van der Waals surface area contributed by atoms with Crippen molar-refractivity contribution in [2.75, 3.05) is 47.9 Å². The molecule has 0 spiro atoms. The average Bonchev–Trinajstić information content (AvgIpc) is 2.72. The third-order valence-corrected chi connectivity index (χ3v) is 5.49. The Morgan fingerprint density at radius 1 is 0.800 bits per heavy atom. The van der Waals surface area contributed by atoms with E-state index in [1.807, 2.05) is 39.9 Å². The van der Waals surface area contributed by atoms with Gasteiger partial charge >= 0.3 is 0 Å². The number of anilines is 4. The Kier molecular flexibility index (Phi) is 5.95. The van der Waals surface area contributed by atoms with Crippen molar-refractivity contribution in [1.82, 2.24) is 19.9 Å². The van der Waals surface area contributed by atoms with Gasteiger partial charge in [-0.25, -0.2) is 4.98 Å². The number of hydrogen-bond acceptors (Lipinski definition) is 11. The molecule has 4 atom stereocenters. The maximum atomic E-state index is 6.20. The second-order valence-corrected chi connectivity index (χ2v) is 8.30. The van der Waals surface area contributed by atoms with Crippen LogP contribution in [0.5, 0.6) is 0 Å². The lowest BCUT2D eigenvalue weighted by Gasteiger charge is -2.37. The molecule has 162 valence electrons. The minimum Gasteiger partial charge on any atom is -0.338 e. The molecule has 2 saturated heterocycles. The molecule has 11 heteroatoms. The van der Waals surface area contributed by atoms with Gasteiger partial charge < -0.3 is 32.7 Å². The highest BCUT2D eigenvalue weighted by Crippen LogP contribution is 2.25. The number of piperidine rings is 2. The molecule has 2 aliphatic rings. The van der Waals surface area contributed by atoms with Crippen LogP contribution in [0.2, 0.25) is 0 Å². The van der Waals surface area contributed by atoms with Crippen LogP contribution in [0.3, 0.4) is 0 Å². The summed E-state index contributed by atoms with van der Waals surface area (Å²) in [4.78, 5) is 24.5. The lowest BCUT2D eigenvalue weighted by molar-refractivity contribution is 0.441. The van der Waals surface area contributed by atoms with Crippen LogP contribution in [0, 0.1) is 0 Å². The fourth-order valence-electron chi connectivity index (χ4n) is 4.11. The summed E-state index contributed by atoms with van der Waals surface area (Å²) in [5, 5.41) is 0. The van der Waals surface area contributed by atoms with Crippen LogP contribution in [0.25, 0.3) is 0 Å². The van der Waals surface area contributed by atoms with Gasteiger partial charge in [-0.05, 0) is 25.0 Å². The highest BCUT2D eigenvalue weighted by atomic mass is 15.4. The summed E-state index contributed by atoms with van der Waals surface area (Å²) in [7, 11) is 1.88. The summed E-state index contributed by atoms with van der Waals surface area (Å²) in [6.45, 7) is 2.57. The normalized spacial score (nSPS) is 27.2. The van der Waals surface area contributed by atoms with Crippen molar-refractivity contribution >= 4 is 23.7 Å². The van der Waals surface area contributed by atoms with Crippen molar-refractivity contribution < 1.29 is 0 Å². The van der Waals surface area contributed by atoms with Crippen molar-refractivity contribution in [2.45, 2.75) is 37.0 Å². The number of pyridine rings is 1. The van der Waals surface area contributed by atoms with Gasteiger partial charge in [0.1, 0.15) is 5.82 Å². The zero-order chi connectivity index (χ0) is 21.3. The van der Waals surface area contributed by atoms with Crippen LogP contribution >= 0.6 is 0 Å². The van der Waals surface area contributed by atoms with Crippen molar-refractivity contribution in [1.29, 1.82) is 0 Å². The van der Waals surface area contributed by atoms with Crippen LogP contribution in [-0.2, 0) is 0 Å². The number of nitrogens with two attached hydrogens (primary N) is 4. The fourth-order valence-corrected chi connectivity index (χ4v) is 4.11. The molecule has 2 aromatic heterocycles. The van der Waals surface area contributed by atoms with Gasteiger partial charge in [-0.1, -0.05) is 6.07 Å². The number of hydrogen-bond donors (Lipinski definition) is 4. The molecule has 0 unspecified atom stereocenters. The van der Waals surface area contributed by atoms with Crippen LogP contribution in [0.15, 0.2) is 24.4 Å². The lowest BCUT2D eigenvalue weighted by atomic mass is 10.0. The minimum absolute atomic E-state index is 0.0252. The Bertz CT molecular complexity index is 783. The first-order chi connectivity index (χ1) is 14.4. The average molecular weight is 414 g/mol. The fraction of sp³-hybridized carbons (Fsp3) is 0.579. The molecule has 11 nitrogen and oxygen atoms in total. The Labute approximate surface area is 176 Å². The molecule has 0 aromatic carbocycles. The van der Waals surface area contributed by atoms with E-state index < -0.39 is 0 Å². The summed E-state index contributed by atoms with van der Waals surface area (Å²) in [6, 6.07) is 5.60. The lowest BCUT2D eigenvalue weighted by Crippen LogP contribution is -2.54. The van der Waals surface area contributed by atoms with Gasteiger partial charge in [-0.3, -0.25) is 4.90 Å². The summed E-state index contributed by atoms with van der Waals surface area (Å²) >= 11 is 0. The molecule has 8 N–H and O–H groups in total. The molecule has 2 fully saturated rings. The van der Waals surface area contributed by atoms with Crippen LogP contribution in [0.1, 0.15) is 12.8 Å². The van der Waals surface area contributed by atoms with Crippen molar-refractivity contribution in [2.24, 2.45) is 22.9 Å². The predicted octanol–water partition coefficient (Wildman–Crippen LogP) is -1.24. The van der Waals surface area contributed by atoms with Gasteiger partial charge in [0.25, 0.3) is 0 Å². The predicted molar refractivity (Wildman–Crippen MR) is 118 cm³/mol. The molecule has 0 amide bonds. The summed E-state index contributed by atoms with van der Waals surface area (Å²) < 4.78 is 0. The van der Waals surface area contributed by atoms with Gasteiger partial charge in [-0.15, -0.1) is 0 Å². The molecule has 0 radical (unpaired) electrons. The van der Waals surface area contributed by atoms with Crippen molar-refractivity contribution in [3.05, 3.63) is 24.4 Å². The van der Waals surface area contributed by atoms with E-state index in [4.69, 9.17) is 37.9 Å². The number of nitrogens with zero attached hydrogens (tertiary/aromatic N) is 7. The molecular formula is C19H31N11. The molecule has 30 heavy (non-hydrogen) atoms. The Hall–Kier alpha value is -2.60. The molecule has 0 bridgehead atoms. The zero-order valence-corrected chi connectivity index (χ0v) is 17.3. The minimum atomic E-state index is -0.0252. The molecular weight excluding hydrogens is 382 g/mol. The molecule has 0 aliphatic carbocycles. The van der Waals surface area contributed by atoms with E-state index >= 15 is 0 Å². The molecule has 4 heterocycles. The highest BCUT2D eigenvalue weighted by Gasteiger charge is 2.29. The standard InChI is InChI=1S/C19H31N11/c1-28(16-4-2-3-5-24-16)17-25-18(29-8-12(20)6-13(21)9-29)27-19(26-17)30-10-14(22)7-15(23)11-30/h2-5,12-15H,6-11,20-23H2,1H3/t12-,13+,14-,15+. The smallest absolute Gasteiger partial charge is 0.237 e. The van der Waals surface area contributed by atoms with E-state index in [1.54, 1.807) is 6.20 Å². The van der Waals surface area contributed by atoms with E-state index in [-0.39, 0.29) is 24.2 Å². The van der Waals surface area contributed by atoms with E-state index in [0.717, 1.165) is 18.7 Å². The largest absolute Gasteiger partial charge is 0.338 e. The monoisotopic (exact) mass is 413 g/mol. The van der Waals surface area contributed by atoms with Crippen LogP contribution in [-0.4, -0.2) is 77.3 Å². The van der Waals surface area contributed by atoms with Gasteiger partial charge in [0, 0.05) is 63.6 Å². The maximum absolute atomic E-state index is 6.20. The second kappa shape index (κ2) is 8.64. The third kappa shape index (κ3) is 4.59. The van der Waals surface area contributed by atoms with E-state index in [9.17, 15) is 0 Å². The van der Waals surface area contributed by atoms with Crippen molar-refractivity contribution in [3.8, 4) is 0 Å². The van der Waals surface area contributed by atoms with Gasteiger partial charge in [0.05, 0.1) is 0 Å². The third-order valence-electron chi connectivity index (χ3n) is 5.49. The molecule has 2 aromatic rings. The maximum Gasteiger partial charge on any atom is 0.237 e. The first-order valence-corrected chi connectivity index (χ1v) is 10.3. The SMILES string of the molecule is CN(c1ccccn1)c1nc(N2C[C@H](N)C[C@H](N)C2)nc(N2C[C@H](N)C[C@H](N)C2)n1. The summed E-state index contributed by atoms with van der Waals surface area (Å²) in [5.74, 6) is 2.33. The summed E-state index contributed by atoms with van der Waals surface area (Å²) in [6.07, 6.45) is 3.30. The first kappa shape index (κ1) is 20.7.